The van der Waals surface area contributed by atoms with E-state index in [0.717, 1.165) is 19.6 Å². The van der Waals surface area contributed by atoms with Gasteiger partial charge in [-0.1, -0.05) is 43.3 Å². The molecule has 0 saturated heterocycles. The topological polar surface area (TPSA) is 21.3 Å². The fourth-order valence-corrected chi connectivity index (χ4v) is 3.16. The molecule has 0 aliphatic carbocycles. The van der Waals surface area contributed by atoms with Crippen molar-refractivity contribution in [3.8, 4) is 0 Å². The molecule has 1 aromatic carbocycles. The second-order valence-corrected chi connectivity index (χ2v) is 5.71. The molecule has 0 fully saturated rings. The normalized spacial score (nSPS) is 14.1. The van der Waals surface area contributed by atoms with Crippen molar-refractivity contribution in [1.82, 2.24) is 5.32 Å². The zero-order chi connectivity index (χ0) is 14.2. The van der Waals surface area contributed by atoms with E-state index in [9.17, 15) is 0 Å². The molecule has 1 heterocycles. The molecule has 0 spiro atoms. The van der Waals surface area contributed by atoms with Crippen molar-refractivity contribution in [2.45, 2.75) is 32.4 Å². The molecule has 0 amide bonds. The molecule has 2 rings (SSSR count). The maximum Gasteiger partial charge on any atom is 0.103 e. The smallest absolute Gasteiger partial charge is 0.103 e. The second kappa shape index (κ2) is 8.20. The van der Waals surface area contributed by atoms with Crippen LogP contribution in [0.15, 0.2) is 47.8 Å². The van der Waals surface area contributed by atoms with Gasteiger partial charge in [0.1, 0.15) is 6.10 Å². The van der Waals surface area contributed by atoms with Crippen LogP contribution in [0.2, 0.25) is 0 Å². The molecule has 2 nitrogen and oxygen atoms in total. The Hall–Kier alpha value is -1.16. The van der Waals surface area contributed by atoms with Gasteiger partial charge in [0.2, 0.25) is 0 Å². The number of ether oxygens (including phenoxy) is 1. The van der Waals surface area contributed by atoms with Crippen molar-refractivity contribution in [1.29, 1.82) is 0 Å². The minimum absolute atomic E-state index is 0.0615. The van der Waals surface area contributed by atoms with E-state index in [2.05, 4.69) is 60.9 Å². The Balaban J connectivity index is 2.26. The number of rotatable bonds is 8. The van der Waals surface area contributed by atoms with Gasteiger partial charge in [-0.15, -0.1) is 11.3 Å². The van der Waals surface area contributed by atoms with Crippen molar-refractivity contribution in [2.75, 3.05) is 13.2 Å². The van der Waals surface area contributed by atoms with Gasteiger partial charge < -0.3 is 10.1 Å². The maximum atomic E-state index is 6.06. The summed E-state index contributed by atoms with van der Waals surface area (Å²) in [5, 5.41) is 5.77. The zero-order valence-electron chi connectivity index (χ0n) is 12.2. The molecule has 2 atom stereocenters. The van der Waals surface area contributed by atoms with Crippen molar-refractivity contribution in [3.05, 3.63) is 58.3 Å². The molecule has 1 N–H and O–H groups in total. The summed E-state index contributed by atoms with van der Waals surface area (Å²) in [6.07, 6.45) is 1.18. The van der Waals surface area contributed by atoms with E-state index in [4.69, 9.17) is 4.74 Å². The highest BCUT2D eigenvalue weighted by molar-refractivity contribution is 7.10. The summed E-state index contributed by atoms with van der Waals surface area (Å²) < 4.78 is 6.06. The first-order chi connectivity index (χ1) is 9.86. The maximum absolute atomic E-state index is 6.06. The molecule has 0 aliphatic heterocycles. The molecular weight excluding hydrogens is 266 g/mol. The Bertz CT molecular complexity index is 469. The lowest BCUT2D eigenvalue weighted by Crippen LogP contribution is -2.28. The quantitative estimate of drug-likeness (QED) is 0.769. The lowest BCUT2D eigenvalue weighted by atomic mass is 10.0. The second-order valence-electron chi connectivity index (χ2n) is 4.73. The van der Waals surface area contributed by atoms with Gasteiger partial charge in [0.25, 0.3) is 0 Å². The number of benzene rings is 1. The van der Waals surface area contributed by atoms with Gasteiger partial charge in [-0.25, -0.2) is 0 Å². The molecule has 0 bridgehead atoms. The third-order valence-corrected chi connectivity index (χ3v) is 4.20. The monoisotopic (exact) mass is 289 g/mol. The van der Waals surface area contributed by atoms with Crippen LogP contribution in [0, 0.1) is 0 Å². The average Bonchev–Trinajstić information content (AvgIpc) is 3.01. The van der Waals surface area contributed by atoms with Gasteiger partial charge in [-0.3, -0.25) is 0 Å². The Morgan fingerprint density at radius 3 is 2.50 bits per heavy atom. The molecule has 3 heteroatoms. The minimum atomic E-state index is 0.0615. The summed E-state index contributed by atoms with van der Waals surface area (Å²) in [5.41, 5.74) is 1.23. The predicted octanol–water partition coefficient (Wildman–Crippen LogP) is 4.57. The highest BCUT2D eigenvalue weighted by Gasteiger charge is 2.25. The van der Waals surface area contributed by atoms with Crippen molar-refractivity contribution in [2.24, 2.45) is 0 Å². The van der Waals surface area contributed by atoms with Crippen LogP contribution in [0.5, 0.6) is 0 Å². The predicted molar refractivity (Wildman–Crippen MR) is 86.2 cm³/mol. The summed E-state index contributed by atoms with van der Waals surface area (Å²) in [6, 6.07) is 15.0. The third-order valence-electron chi connectivity index (χ3n) is 3.24. The van der Waals surface area contributed by atoms with E-state index < -0.39 is 0 Å². The highest BCUT2D eigenvalue weighted by atomic mass is 32.1. The van der Waals surface area contributed by atoms with Crippen LogP contribution in [-0.4, -0.2) is 13.2 Å². The number of hydrogen-bond donors (Lipinski definition) is 1. The average molecular weight is 289 g/mol. The number of hydrogen-bond acceptors (Lipinski definition) is 3. The molecule has 20 heavy (non-hydrogen) atoms. The molecule has 1 aromatic heterocycles. The van der Waals surface area contributed by atoms with Crippen molar-refractivity contribution < 1.29 is 4.74 Å². The third kappa shape index (κ3) is 3.92. The summed E-state index contributed by atoms with van der Waals surface area (Å²) in [7, 11) is 0. The van der Waals surface area contributed by atoms with Crippen LogP contribution in [0.4, 0.5) is 0 Å². The van der Waals surface area contributed by atoms with E-state index in [1.54, 1.807) is 11.3 Å². The summed E-state index contributed by atoms with van der Waals surface area (Å²) in [5.74, 6) is 0. The molecular formula is C17H23NOS. The lowest BCUT2D eigenvalue weighted by molar-refractivity contribution is 0.0336. The summed E-state index contributed by atoms with van der Waals surface area (Å²) in [4.78, 5) is 1.33. The van der Waals surface area contributed by atoms with E-state index >= 15 is 0 Å². The minimum Gasteiger partial charge on any atom is -0.372 e. The SMILES string of the molecule is CCCNC(c1cccs1)C(OCC)c1ccccc1. The Morgan fingerprint density at radius 1 is 1.10 bits per heavy atom. The van der Waals surface area contributed by atoms with E-state index in [0.29, 0.717) is 0 Å². The van der Waals surface area contributed by atoms with Crippen LogP contribution >= 0.6 is 11.3 Å². The first-order valence-electron chi connectivity index (χ1n) is 7.30. The van der Waals surface area contributed by atoms with Crippen LogP contribution < -0.4 is 5.32 Å². The standard InChI is InChI=1S/C17H23NOS/c1-3-12-18-16(15-11-8-13-20-15)17(19-4-2)14-9-6-5-7-10-14/h5-11,13,16-18H,3-4,12H2,1-2H3. The van der Waals surface area contributed by atoms with E-state index in [-0.39, 0.29) is 12.1 Å². The van der Waals surface area contributed by atoms with Crippen LogP contribution in [0.1, 0.15) is 42.9 Å². The van der Waals surface area contributed by atoms with Gasteiger partial charge in [0, 0.05) is 11.5 Å². The first kappa shape index (κ1) is 15.2. The fraction of sp³-hybridized carbons (Fsp3) is 0.412. The van der Waals surface area contributed by atoms with Crippen LogP contribution in [-0.2, 0) is 4.74 Å². The van der Waals surface area contributed by atoms with E-state index in [1.165, 1.54) is 10.4 Å². The zero-order valence-corrected chi connectivity index (χ0v) is 13.0. The summed E-state index contributed by atoms with van der Waals surface area (Å²) in [6.45, 7) is 5.96. The van der Waals surface area contributed by atoms with Crippen LogP contribution in [0.25, 0.3) is 0 Å². The number of nitrogens with one attached hydrogen (secondary N) is 1. The van der Waals surface area contributed by atoms with Gasteiger partial charge in [0.05, 0.1) is 6.04 Å². The Labute approximate surface area is 125 Å². The van der Waals surface area contributed by atoms with Crippen molar-refractivity contribution >= 4 is 11.3 Å². The fourth-order valence-electron chi connectivity index (χ4n) is 2.33. The van der Waals surface area contributed by atoms with Gasteiger partial charge in [-0.05, 0) is 36.9 Å². The summed E-state index contributed by atoms with van der Waals surface area (Å²) >= 11 is 1.79. The van der Waals surface area contributed by atoms with Gasteiger partial charge >= 0.3 is 0 Å². The molecule has 0 radical (unpaired) electrons. The molecule has 2 aromatic rings. The van der Waals surface area contributed by atoms with Gasteiger partial charge in [0.15, 0.2) is 0 Å². The molecule has 0 saturated carbocycles. The van der Waals surface area contributed by atoms with Crippen LogP contribution in [0.3, 0.4) is 0 Å². The Kier molecular flexibility index (Phi) is 6.25. The first-order valence-corrected chi connectivity index (χ1v) is 8.18. The highest BCUT2D eigenvalue weighted by Crippen LogP contribution is 2.34. The van der Waals surface area contributed by atoms with Gasteiger partial charge in [-0.2, -0.15) is 0 Å². The Morgan fingerprint density at radius 2 is 1.90 bits per heavy atom. The largest absolute Gasteiger partial charge is 0.372 e. The molecule has 2 unspecified atom stereocenters. The number of thiophene rings is 1. The van der Waals surface area contributed by atoms with Crippen molar-refractivity contribution in [3.63, 3.8) is 0 Å². The molecule has 0 aliphatic rings. The van der Waals surface area contributed by atoms with E-state index in [1.807, 2.05) is 6.07 Å². The lowest BCUT2D eigenvalue weighted by Gasteiger charge is -2.27. The molecule has 108 valence electrons.